The Bertz CT molecular complexity index is 1390. The van der Waals surface area contributed by atoms with Crippen molar-refractivity contribution in [2.75, 3.05) is 19.5 Å². The maximum absolute atomic E-state index is 13.8. The second-order valence-corrected chi connectivity index (χ2v) is 12.7. The molecule has 198 valence electrons. The smallest absolute Gasteiger partial charge is 0.338 e. The summed E-state index contributed by atoms with van der Waals surface area (Å²) in [5.74, 6) is -1.37. The van der Waals surface area contributed by atoms with Gasteiger partial charge < -0.3 is 20.3 Å². The molecule has 0 radical (unpaired) electrons. The molecule has 0 spiro atoms. The highest BCUT2D eigenvalue weighted by molar-refractivity contribution is 7.89. The minimum absolute atomic E-state index is 0.0964. The van der Waals surface area contributed by atoms with Gasteiger partial charge in [0.25, 0.3) is 0 Å². The van der Waals surface area contributed by atoms with Crippen LogP contribution in [0.2, 0.25) is 5.02 Å². The first-order valence-corrected chi connectivity index (χ1v) is 14.2. The molecule has 3 saturated carbocycles. The van der Waals surface area contributed by atoms with E-state index < -0.39 is 57.3 Å². The van der Waals surface area contributed by atoms with Crippen molar-refractivity contribution in [1.82, 2.24) is 15.0 Å². The lowest BCUT2D eigenvalue weighted by atomic mass is 9.38. The molecule has 0 amide bonds. The predicted octanol–water partition coefficient (Wildman–Crippen LogP) is 1.65. The van der Waals surface area contributed by atoms with E-state index in [1.165, 1.54) is 30.6 Å². The zero-order chi connectivity index (χ0) is 26.6. The van der Waals surface area contributed by atoms with Gasteiger partial charge in [-0.25, -0.2) is 27.3 Å². The normalized spacial score (nSPS) is 27.5. The van der Waals surface area contributed by atoms with Gasteiger partial charge in [0.15, 0.2) is 10.8 Å². The average Bonchev–Trinajstić information content (AvgIpc) is 3.34. The molecule has 6 rings (SSSR count). The van der Waals surface area contributed by atoms with Crippen LogP contribution in [0, 0.1) is 11.2 Å². The largest absolute Gasteiger partial charge is 0.466 e. The number of halogens is 2. The number of rotatable bonds is 9. The quantitative estimate of drug-likeness (QED) is 0.332. The fourth-order valence-corrected chi connectivity index (χ4v) is 7.96. The van der Waals surface area contributed by atoms with E-state index in [-0.39, 0.29) is 10.6 Å². The van der Waals surface area contributed by atoms with E-state index >= 15 is 0 Å². The maximum Gasteiger partial charge on any atom is 0.338 e. The molecular weight excluding hydrogens is 547 g/mol. The molecule has 2 atom stereocenters. The standard InChI is InChI=1S/C23H24ClFN4O6S2/c1-35-21(32)16-17(14-3-2-12(25)6-15(14)24)27-19(20-26-4-5-36-20)28-18(16)22-9-23(10-22,11-22)29-37(33,34)8-13(31)7-30/h2-6,13,17,29-31H,7-11H2,1H3,(H,27,28). The van der Waals surface area contributed by atoms with Crippen LogP contribution < -0.4 is 10.0 Å². The first kappa shape index (κ1) is 26.2. The number of carbonyl (C=O) groups excluding carboxylic acids is 1. The number of benzene rings is 1. The molecule has 10 nitrogen and oxygen atoms in total. The van der Waals surface area contributed by atoms with Crippen LogP contribution in [0.1, 0.15) is 35.9 Å². The Kier molecular flexibility index (Phi) is 6.66. The monoisotopic (exact) mass is 570 g/mol. The summed E-state index contributed by atoms with van der Waals surface area (Å²) in [4.78, 5) is 22.2. The summed E-state index contributed by atoms with van der Waals surface area (Å²) >= 11 is 7.73. The number of allylic oxidation sites excluding steroid dienone is 1. The van der Waals surface area contributed by atoms with Crippen molar-refractivity contribution < 1.29 is 32.6 Å². The van der Waals surface area contributed by atoms with Gasteiger partial charge in [-0.2, -0.15) is 0 Å². The SMILES string of the molecule is COC(=O)C1=C(C23CC(NS(=O)(=O)CC(O)CO)(C2)C3)NC(c2nccs2)=NC1c1ccc(F)cc1Cl. The number of aliphatic imine (C=N–C) groups is 1. The van der Waals surface area contributed by atoms with Crippen LogP contribution >= 0.6 is 22.9 Å². The van der Waals surface area contributed by atoms with E-state index in [2.05, 4.69) is 15.0 Å². The van der Waals surface area contributed by atoms with Crippen molar-refractivity contribution in [3.63, 3.8) is 0 Å². The molecule has 4 N–H and O–H groups in total. The summed E-state index contributed by atoms with van der Waals surface area (Å²) in [7, 11) is -2.60. The summed E-state index contributed by atoms with van der Waals surface area (Å²) < 4.78 is 46.6. The summed E-state index contributed by atoms with van der Waals surface area (Å²) in [6.07, 6.45) is 1.42. The Morgan fingerprint density at radius 3 is 2.73 bits per heavy atom. The number of aliphatic hydroxyl groups excluding tert-OH is 2. The van der Waals surface area contributed by atoms with Crippen molar-refractivity contribution in [2.45, 2.75) is 36.9 Å². The summed E-state index contributed by atoms with van der Waals surface area (Å²) in [6, 6.07) is 2.96. The molecule has 2 aromatic rings. The highest BCUT2D eigenvalue weighted by Crippen LogP contribution is 2.71. The van der Waals surface area contributed by atoms with Gasteiger partial charge in [0, 0.05) is 38.8 Å². The van der Waals surface area contributed by atoms with E-state index in [9.17, 15) is 22.7 Å². The van der Waals surface area contributed by atoms with Crippen LogP contribution in [0.3, 0.4) is 0 Å². The number of esters is 1. The molecule has 1 aromatic heterocycles. The lowest BCUT2D eigenvalue weighted by molar-refractivity contribution is -0.138. The van der Waals surface area contributed by atoms with Gasteiger partial charge in [-0.1, -0.05) is 17.7 Å². The third-order valence-electron chi connectivity index (χ3n) is 6.90. The van der Waals surface area contributed by atoms with Crippen molar-refractivity contribution in [1.29, 1.82) is 0 Å². The molecule has 2 unspecified atom stereocenters. The van der Waals surface area contributed by atoms with E-state index in [0.29, 0.717) is 41.4 Å². The molecule has 0 saturated heterocycles. The Hall–Kier alpha value is -2.42. The van der Waals surface area contributed by atoms with Gasteiger partial charge in [0.1, 0.15) is 11.9 Å². The first-order chi connectivity index (χ1) is 17.5. The lowest BCUT2D eigenvalue weighted by Gasteiger charge is -2.71. The Labute approximate surface area is 221 Å². The fraction of sp³-hybridized carbons (Fsp3) is 0.435. The number of ether oxygens (including phenoxy) is 1. The third kappa shape index (κ3) is 4.68. The second kappa shape index (κ2) is 9.40. The molecular formula is C23H24ClFN4O6S2. The lowest BCUT2D eigenvalue weighted by Crippen LogP contribution is -2.76. The highest BCUT2D eigenvalue weighted by Gasteiger charge is 2.71. The molecule has 1 aromatic carbocycles. The number of hydrogen-bond donors (Lipinski definition) is 4. The number of aromatic nitrogens is 1. The van der Waals surface area contributed by atoms with Gasteiger partial charge in [-0.15, -0.1) is 11.3 Å². The number of amidine groups is 1. The minimum Gasteiger partial charge on any atom is -0.466 e. The van der Waals surface area contributed by atoms with Crippen LogP contribution in [0.4, 0.5) is 4.39 Å². The summed E-state index contributed by atoms with van der Waals surface area (Å²) in [6.45, 7) is -0.663. The number of nitrogens with one attached hydrogen (secondary N) is 2. The zero-order valence-corrected chi connectivity index (χ0v) is 22.0. The van der Waals surface area contributed by atoms with Crippen LogP contribution in [0.5, 0.6) is 0 Å². The zero-order valence-electron chi connectivity index (χ0n) is 19.6. The van der Waals surface area contributed by atoms with Gasteiger partial charge in [-0.05, 0) is 31.4 Å². The number of carbonyl (C=O) groups is 1. The Morgan fingerprint density at radius 1 is 1.41 bits per heavy atom. The van der Waals surface area contributed by atoms with E-state index in [1.54, 1.807) is 11.6 Å². The molecule has 37 heavy (non-hydrogen) atoms. The Balaban J connectivity index is 1.52. The highest BCUT2D eigenvalue weighted by atomic mass is 35.5. The number of aliphatic hydroxyl groups is 2. The molecule has 3 fully saturated rings. The van der Waals surface area contributed by atoms with Crippen molar-refractivity contribution in [2.24, 2.45) is 10.4 Å². The number of nitrogens with zero attached hydrogens (tertiary/aromatic N) is 2. The van der Waals surface area contributed by atoms with E-state index in [0.717, 1.165) is 6.07 Å². The van der Waals surface area contributed by atoms with Crippen molar-refractivity contribution in [3.8, 4) is 0 Å². The number of methoxy groups -OCH3 is 1. The second-order valence-electron chi connectivity index (χ2n) is 9.60. The van der Waals surface area contributed by atoms with E-state index in [1.807, 2.05) is 0 Å². The number of hydrogen-bond acceptors (Lipinski definition) is 10. The number of thiazole rings is 1. The summed E-state index contributed by atoms with van der Waals surface area (Å²) in [5, 5.41) is 24.3. The van der Waals surface area contributed by atoms with Crippen LogP contribution in [0.15, 0.2) is 46.0 Å². The molecule has 1 aliphatic heterocycles. The molecule has 4 aliphatic rings. The van der Waals surface area contributed by atoms with Crippen LogP contribution in [0.25, 0.3) is 0 Å². The Morgan fingerprint density at radius 2 is 2.14 bits per heavy atom. The van der Waals surface area contributed by atoms with Gasteiger partial charge in [-0.3, -0.25) is 4.99 Å². The van der Waals surface area contributed by atoms with E-state index in [4.69, 9.17) is 26.4 Å². The first-order valence-electron chi connectivity index (χ1n) is 11.3. The maximum atomic E-state index is 13.8. The van der Waals surface area contributed by atoms with Gasteiger partial charge in [0.2, 0.25) is 10.0 Å². The van der Waals surface area contributed by atoms with Crippen LogP contribution in [-0.2, 0) is 19.6 Å². The molecule has 3 aliphatic carbocycles. The molecule has 14 heteroatoms. The van der Waals surface area contributed by atoms with Gasteiger partial charge >= 0.3 is 5.97 Å². The average molecular weight is 571 g/mol. The van der Waals surface area contributed by atoms with Gasteiger partial charge in [0.05, 0.1) is 31.1 Å². The summed E-state index contributed by atoms with van der Waals surface area (Å²) in [5.41, 5.74) is -0.116. The number of sulfonamides is 1. The third-order valence-corrected chi connectivity index (χ3v) is 9.57. The fourth-order valence-electron chi connectivity index (χ4n) is 5.53. The molecule has 2 heterocycles. The predicted molar refractivity (Wildman–Crippen MR) is 134 cm³/mol. The molecule has 2 bridgehead atoms. The van der Waals surface area contributed by atoms with Crippen molar-refractivity contribution >= 4 is 44.8 Å². The topological polar surface area (TPSA) is 150 Å². The van der Waals surface area contributed by atoms with Crippen LogP contribution in [-0.4, -0.2) is 66.5 Å². The van der Waals surface area contributed by atoms with Crippen molar-refractivity contribution in [3.05, 3.63) is 62.5 Å². The minimum atomic E-state index is -3.85.